The van der Waals surface area contributed by atoms with Crippen LogP contribution in [0, 0.1) is 5.82 Å². The zero-order valence-corrected chi connectivity index (χ0v) is 15.7. The standard InChI is InChI=1S/C17H22BrFN2O3/c1-17(2,3)24-16(22)21-5-4-20-8-11-6-14(19)13(18)7-15(11)23-10-12(20)9-21/h6-7,12H,4-5,8-10H2,1-3H3. The molecule has 2 aliphatic rings. The number of fused-ring (bicyclic) bond motifs is 2. The molecule has 1 unspecified atom stereocenters. The number of amides is 1. The highest BCUT2D eigenvalue weighted by atomic mass is 79.9. The highest BCUT2D eigenvalue weighted by Crippen LogP contribution is 2.31. The molecule has 0 spiro atoms. The number of carbonyl (C=O) groups is 1. The molecule has 1 aromatic rings. The summed E-state index contributed by atoms with van der Waals surface area (Å²) in [4.78, 5) is 16.2. The van der Waals surface area contributed by atoms with Crippen molar-refractivity contribution in [2.75, 3.05) is 26.2 Å². The van der Waals surface area contributed by atoms with Crippen LogP contribution in [0.2, 0.25) is 0 Å². The zero-order chi connectivity index (χ0) is 17.5. The number of rotatable bonds is 0. The summed E-state index contributed by atoms with van der Waals surface area (Å²) in [5.74, 6) is 0.407. The van der Waals surface area contributed by atoms with Gasteiger partial charge in [0, 0.05) is 31.7 Å². The van der Waals surface area contributed by atoms with Crippen LogP contribution < -0.4 is 4.74 Å². The van der Waals surface area contributed by atoms with Crippen LogP contribution in [0.5, 0.6) is 5.75 Å². The van der Waals surface area contributed by atoms with Crippen molar-refractivity contribution in [2.45, 2.75) is 39.0 Å². The molecule has 0 aromatic heterocycles. The molecule has 1 fully saturated rings. The SMILES string of the molecule is CC(C)(C)OC(=O)N1CCN2Cc3cc(F)c(Br)cc3OCC2C1. The molecule has 1 aromatic carbocycles. The lowest BCUT2D eigenvalue weighted by Gasteiger charge is -2.40. The van der Waals surface area contributed by atoms with Gasteiger partial charge in [0.2, 0.25) is 0 Å². The van der Waals surface area contributed by atoms with Gasteiger partial charge in [0.05, 0.1) is 10.5 Å². The third-order valence-electron chi connectivity index (χ3n) is 4.16. The second-order valence-electron chi connectivity index (χ2n) is 7.24. The zero-order valence-electron chi connectivity index (χ0n) is 14.1. The summed E-state index contributed by atoms with van der Waals surface area (Å²) >= 11 is 3.19. The van der Waals surface area contributed by atoms with E-state index in [1.54, 1.807) is 11.0 Å². The van der Waals surface area contributed by atoms with Gasteiger partial charge in [0.15, 0.2) is 0 Å². The molecule has 0 aliphatic carbocycles. The van der Waals surface area contributed by atoms with Gasteiger partial charge in [-0.1, -0.05) is 0 Å². The average molecular weight is 401 g/mol. The highest BCUT2D eigenvalue weighted by molar-refractivity contribution is 9.10. The van der Waals surface area contributed by atoms with E-state index in [9.17, 15) is 9.18 Å². The first kappa shape index (κ1) is 17.5. The van der Waals surface area contributed by atoms with E-state index in [0.29, 0.717) is 43.0 Å². The maximum absolute atomic E-state index is 13.8. The van der Waals surface area contributed by atoms with Gasteiger partial charge in [0.25, 0.3) is 0 Å². The lowest BCUT2D eigenvalue weighted by molar-refractivity contribution is -0.00154. The van der Waals surface area contributed by atoms with E-state index in [0.717, 1.165) is 5.56 Å². The van der Waals surface area contributed by atoms with Crippen LogP contribution >= 0.6 is 15.9 Å². The van der Waals surface area contributed by atoms with Crippen LogP contribution in [0.3, 0.4) is 0 Å². The largest absolute Gasteiger partial charge is 0.492 e. The lowest BCUT2D eigenvalue weighted by atomic mass is 10.1. The molecule has 3 rings (SSSR count). The second-order valence-corrected chi connectivity index (χ2v) is 8.09. The molecule has 2 aliphatic heterocycles. The van der Waals surface area contributed by atoms with Crippen LogP contribution in [0.25, 0.3) is 0 Å². The molecule has 0 saturated carbocycles. The van der Waals surface area contributed by atoms with Crippen molar-refractivity contribution in [3.8, 4) is 5.75 Å². The molecular formula is C17H22BrFN2O3. The van der Waals surface area contributed by atoms with Gasteiger partial charge in [-0.25, -0.2) is 9.18 Å². The Bertz CT molecular complexity index is 647. The first-order valence-electron chi connectivity index (χ1n) is 8.05. The number of hydrogen-bond donors (Lipinski definition) is 0. The van der Waals surface area contributed by atoms with E-state index in [4.69, 9.17) is 9.47 Å². The smallest absolute Gasteiger partial charge is 0.410 e. The predicted octanol–water partition coefficient (Wildman–Crippen LogP) is 3.40. The van der Waals surface area contributed by atoms with Crippen molar-refractivity contribution in [3.63, 3.8) is 0 Å². The molecular weight excluding hydrogens is 379 g/mol. The molecule has 0 N–H and O–H groups in total. The van der Waals surface area contributed by atoms with Crippen LogP contribution in [-0.4, -0.2) is 53.8 Å². The van der Waals surface area contributed by atoms with Gasteiger partial charge in [-0.05, 0) is 48.8 Å². The summed E-state index contributed by atoms with van der Waals surface area (Å²) in [7, 11) is 0. The topological polar surface area (TPSA) is 42.0 Å². The Morgan fingerprint density at radius 3 is 2.83 bits per heavy atom. The fourth-order valence-corrected chi connectivity index (χ4v) is 3.31. The third kappa shape index (κ3) is 3.83. The molecule has 1 atom stereocenters. The van der Waals surface area contributed by atoms with E-state index in [2.05, 4.69) is 20.8 Å². The Labute approximate surface area is 149 Å². The number of carbonyl (C=O) groups excluding carboxylic acids is 1. The summed E-state index contributed by atoms with van der Waals surface area (Å²) in [5, 5.41) is 0. The first-order chi connectivity index (χ1) is 11.2. The summed E-state index contributed by atoms with van der Waals surface area (Å²) in [5.41, 5.74) is 0.331. The molecule has 0 radical (unpaired) electrons. The Balaban J connectivity index is 1.71. The molecule has 5 nitrogen and oxygen atoms in total. The minimum absolute atomic E-state index is 0.0699. The Morgan fingerprint density at radius 2 is 2.12 bits per heavy atom. The lowest BCUT2D eigenvalue weighted by Crippen LogP contribution is -2.56. The highest BCUT2D eigenvalue weighted by Gasteiger charge is 2.34. The number of benzene rings is 1. The van der Waals surface area contributed by atoms with Crippen molar-refractivity contribution in [1.29, 1.82) is 0 Å². The Morgan fingerprint density at radius 1 is 1.38 bits per heavy atom. The molecule has 0 bridgehead atoms. The van der Waals surface area contributed by atoms with Crippen molar-refractivity contribution in [3.05, 3.63) is 28.0 Å². The molecule has 7 heteroatoms. The van der Waals surface area contributed by atoms with E-state index in [1.165, 1.54) is 6.07 Å². The molecule has 24 heavy (non-hydrogen) atoms. The van der Waals surface area contributed by atoms with Gasteiger partial charge in [-0.15, -0.1) is 0 Å². The van der Waals surface area contributed by atoms with Crippen molar-refractivity contribution in [1.82, 2.24) is 9.80 Å². The Kier molecular flexibility index (Phi) is 4.75. The number of piperazine rings is 1. The molecule has 1 amide bonds. The monoisotopic (exact) mass is 400 g/mol. The van der Waals surface area contributed by atoms with Crippen LogP contribution in [0.4, 0.5) is 9.18 Å². The summed E-state index contributed by atoms with van der Waals surface area (Å²) in [6, 6.07) is 3.26. The quantitative estimate of drug-likeness (QED) is 0.669. The van der Waals surface area contributed by atoms with E-state index in [1.807, 2.05) is 20.8 Å². The average Bonchev–Trinajstić information content (AvgIpc) is 2.65. The van der Waals surface area contributed by atoms with Gasteiger partial charge in [-0.3, -0.25) is 4.90 Å². The first-order valence-corrected chi connectivity index (χ1v) is 8.85. The van der Waals surface area contributed by atoms with Gasteiger partial charge in [0.1, 0.15) is 23.8 Å². The van der Waals surface area contributed by atoms with Gasteiger partial charge >= 0.3 is 6.09 Å². The fraction of sp³-hybridized carbons (Fsp3) is 0.588. The minimum atomic E-state index is -0.506. The number of halogens is 2. The molecule has 2 heterocycles. The second kappa shape index (κ2) is 6.52. The van der Waals surface area contributed by atoms with E-state index in [-0.39, 0.29) is 18.0 Å². The van der Waals surface area contributed by atoms with Crippen molar-refractivity contribution < 1.29 is 18.7 Å². The van der Waals surface area contributed by atoms with Crippen LogP contribution in [-0.2, 0) is 11.3 Å². The predicted molar refractivity (Wildman–Crippen MR) is 91.6 cm³/mol. The van der Waals surface area contributed by atoms with E-state index >= 15 is 0 Å². The number of nitrogens with zero attached hydrogens (tertiary/aromatic N) is 2. The minimum Gasteiger partial charge on any atom is -0.492 e. The maximum Gasteiger partial charge on any atom is 0.410 e. The third-order valence-corrected chi connectivity index (χ3v) is 4.77. The number of hydrogen-bond acceptors (Lipinski definition) is 4. The van der Waals surface area contributed by atoms with Gasteiger partial charge in [-0.2, -0.15) is 0 Å². The Hall–Kier alpha value is -1.34. The van der Waals surface area contributed by atoms with Crippen LogP contribution in [0.1, 0.15) is 26.3 Å². The number of ether oxygens (including phenoxy) is 2. The normalized spacial score (nSPS) is 21.4. The van der Waals surface area contributed by atoms with Crippen molar-refractivity contribution in [2.24, 2.45) is 0 Å². The van der Waals surface area contributed by atoms with Crippen LogP contribution in [0.15, 0.2) is 16.6 Å². The molecule has 1 saturated heterocycles. The van der Waals surface area contributed by atoms with E-state index < -0.39 is 5.60 Å². The fourth-order valence-electron chi connectivity index (χ4n) is 2.98. The molecule has 132 valence electrons. The van der Waals surface area contributed by atoms with Crippen molar-refractivity contribution >= 4 is 22.0 Å². The summed E-state index contributed by atoms with van der Waals surface area (Å²) in [6.45, 7) is 8.52. The summed E-state index contributed by atoms with van der Waals surface area (Å²) < 4.78 is 25.5. The summed E-state index contributed by atoms with van der Waals surface area (Å²) in [6.07, 6.45) is -0.294. The maximum atomic E-state index is 13.8. The van der Waals surface area contributed by atoms with Gasteiger partial charge < -0.3 is 14.4 Å².